The first-order valence-corrected chi connectivity index (χ1v) is 3.37. The fraction of sp³-hybridized carbons (Fsp3) is 0.833. The van der Waals surface area contributed by atoms with Crippen molar-refractivity contribution in [2.75, 3.05) is 0 Å². The summed E-state index contributed by atoms with van der Waals surface area (Å²) < 4.78 is 0. The lowest BCUT2D eigenvalue weighted by atomic mass is 10.2. The first kappa shape index (κ1) is 7.17. The maximum Gasteiger partial charge on any atom is -0.0282 e. The standard InChI is InChI=1S/C6H13P/c1-3-5-6(7)4-2/h7H,3-5H2,1-2H3. The van der Waals surface area contributed by atoms with E-state index in [1.165, 1.54) is 24.6 Å². The van der Waals surface area contributed by atoms with Crippen molar-refractivity contribution in [1.82, 2.24) is 0 Å². The molecule has 0 atom stereocenters. The van der Waals surface area contributed by atoms with Gasteiger partial charge in [0.15, 0.2) is 0 Å². The number of hydrogen-bond acceptors (Lipinski definition) is 0. The Bertz CT molecular complexity index is 57.2. The lowest BCUT2D eigenvalue weighted by Crippen LogP contribution is -1.86. The molecule has 0 aromatic heterocycles. The van der Waals surface area contributed by atoms with E-state index in [0.717, 1.165) is 0 Å². The third-order valence-electron chi connectivity index (χ3n) is 0.979. The van der Waals surface area contributed by atoms with E-state index >= 15 is 0 Å². The fourth-order valence-corrected chi connectivity index (χ4v) is 0.729. The van der Waals surface area contributed by atoms with E-state index in [9.17, 15) is 0 Å². The van der Waals surface area contributed by atoms with Crippen LogP contribution in [0.15, 0.2) is 0 Å². The zero-order valence-corrected chi connectivity index (χ0v) is 6.12. The maximum absolute atomic E-state index is 3.50. The van der Waals surface area contributed by atoms with E-state index in [-0.39, 0.29) is 0 Å². The van der Waals surface area contributed by atoms with Gasteiger partial charge in [0, 0.05) is 0 Å². The summed E-state index contributed by atoms with van der Waals surface area (Å²) >= 11 is 0. The van der Waals surface area contributed by atoms with Crippen LogP contribution in [0.3, 0.4) is 0 Å². The molecule has 1 heteroatoms. The first-order valence-electron chi connectivity index (χ1n) is 2.87. The predicted octanol–water partition coefficient (Wildman–Crippen LogP) is 2.51. The van der Waals surface area contributed by atoms with Gasteiger partial charge in [0.05, 0.1) is 0 Å². The van der Waals surface area contributed by atoms with Crippen LogP contribution in [-0.4, -0.2) is 5.29 Å². The molecular formula is C6H13P. The third kappa shape index (κ3) is 4.01. The fourth-order valence-electron chi connectivity index (χ4n) is 0.479. The van der Waals surface area contributed by atoms with Gasteiger partial charge in [-0.3, -0.25) is 0 Å². The van der Waals surface area contributed by atoms with E-state index in [1.54, 1.807) is 0 Å². The first-order chi connectivity index (χ1) is 3.31. The number of rotatable bonds is 3. The molecule has 0 aliphatic rings. The molecule has 0 aliphatic heterocycles. The van der Waals surface area contributed by atoms with Crippen molar-refractivity contribution in [3.8, 4) is 0 Å². The maximum atomic E-state index is 3.50. The summed E-state index contributed by atoms with van der Waals surface area (Å²) in [6.07, 6.45) is 3.66. The Hall–Kier alpha value is 0.170. The van der Waals surface area contributed by atoms with Crippen molar-refractivity contribution >= 4 is 14.2 Å². The van der Waals surface area contributed by atoms with Crippen LogP contribution in [0.5, 0.6) is 0 Å². The molecule has 0 radical (unpaired) electrons. The van der Waals surface area contributed by atoms with Gasteiger partial charge < -0.3 is 0 Å². The van der Waals surface area contributed by atoms with Crippen LogP contribution in [0.1, 0.15) is 33.1 Å². The van der Waals surface area contributed by atoms with Gasteiger partial charge in [-0.1, -0.05) is 25.6 Å². The Morgan fingerprint density at radius 2 is 2.00 bits per heavy atom. The van der Waals surface area contributed by atoms with Gasteiger partial charge in [-0.25, -0.2) is 0 Å². The molecule has 0 aromatic rings. The van der Waals surface area contributed by atoms with E-state index in [0.29, 0.717) is 0 Å². The van der Waals surface area contributed by atoms with E-state index in [4.69, 9.17) is 0 Å². The molecule has 0 amide bonds. The Morgan fingerprint density at radius 1 is 1.43 bits per heavy atom. The summed E-state index contributed by atoms with van der Waals surface area (Å²) in [4.78, 5) is 0. The SMILES string of the molecule is CCCC(=P)CC. The average molecular weight is 116 g/mol. The summed E-state index contributed by atoms with van der Waals surface area (Å²) in [7, 11) is 3.50. The summed E-state index contributed by atoms with van der Waals surface area (Å²) in [6, 6.07) is 0. The Kier molecular flexibility index (Phi) is 4.44. The van der Waals surface area contributed by atoms with E-state index in [1.807, 2.05) is 0 Å². The van der Waals surface area contributed by atoms with Crippen LogP contribution in [0, 0.1) is 0 Å². The minimum atomic E-state index is 1.17. The normalized spacial score (nSPS) is 8.86. The lowest BCUT2D eigenvalue weighted by Gasteiger charge is -1.93. The third-order valence-corrected chi connectivity index (χ3v) is 1.58. The van der Waals surface area contributed by atoms with Crippen molar-refractivity contribution in [1.29, 1.82) is 0 Å². The van der Waals surface area contributed by atoms with Crippen LogP contribution in [0.4, 0.5) is 0 Å². The second kappa shape index (κ2) is 4.33. The van der Waals surface area contributed by atoms with Crippen molar-refractivity contribution < 1.29 is 0 Å². The van der Waals surface area contributed by atoms with Gasteiger partial charge in [-0.15, -0.1) is 8.86 Å². The highest BCUT2D eigenvalue weighted by molar-refractivity contribution is 7.21. The van der Waals surface area contributed by atoms with Gasteiger partial charge in [-0.2, -0.15) is 0 Å². The van der Waals surface area contributed by atoms with Crippen LogP contribution in [0.25, 0.3) is 0 Å². The molecule has 0 aliphatic carbocycles. The quantitative estimate of drug-likeness (QED) is 0.497. The van der Waals surface area contributed by atoms with Gasteiger partial charge in [-0.05, 0) is 12.8 Å². The van der Waals surface area contributed by atoms with Crippen molar-refractivity contribution in [2.24, 2.45) is 0 Å². The predicted molar refractivity (Wildman–Crippen MR) is 38.5 cm³/mol. The topological polar surface area (TPSA) is 0 Å². The highest BCUT2D eigenvalue weighted by Gasteiger charge is 1.84. The summed E-state index contributed by atoms with van der Waals surface area (Å²) in [5.74, 6) is 0. The van der Waals surface area contributed by atoms with Crippen LogP contribution in [0.2, 0.25) is 0 Å². The second-order valence-electron chi connectivity index (χ2n) is 1.71. The van der Waals surface area contributed by atoms with Gasteiger partial charge in [0.1, 0.15) is 0 Å². The monoisotopic (exact) mass is 116 g/mol. The molecule has 0 saturated carbocycles. The van der Waals surface area contributed by atoms with Gasteiger partial charge in [0.2, 0.25) is 0 Å². The van der Waals surface area contributed by atoms with Crippen molar-refractivity contribution in [3.05, 3.63) is 0 Å². The molecular weight excluding hydrogens is 103 g/mol. The molecule has 0 nitrogen and oxygen atoms in total. The zero-order valence-electron chi connectivity index (χ0n) is 5.12. The lowest BCUT2D eigenvalue weighted by molar-refractivity contribution is 0.984. The molecule has 0 aromatic carbocycles. The molecule has 0 rings (SSSR count). The summed E-state index contributed by atoms with van der Waals surface area (Å²) in [5.41, 5.74) is 0. The Balaban J connectivity index is 3.00. The van der Waals surface area contributed by atoms with Crippen molar-refractivity contribution in [3.63, 3.8) is 0 Å². The molecule has 0 fully saturated rings. The Morgan fingerprint density at radius 3 is 2.14 bits per heavy atom. The zero-order chi connectivity index (χ0) is 5.70. The van der Waals surface area contributed by atoms with E-state index < -0.39 is 0 Å². The second-order valence-corrected chi connectivity index (χ2v) is 2.41. The average Bonchev–Trinajstić information content (AvgIpc) is 1.68. The molecule has 42 valence electrons. The summed E-state index contributed by atoms with van der Waals surface area (Å²) in [6.45, 7) is 4.35. The number of hydrogen-bond donors (Lipinski definition) is 0. The minimum Gasteiger partial charge on any atom is -0.123 e. The van der Waals surface area contributed by atoms with E-state index in [2.05, 4.69) is 22.7 Å². The highest BCUT2D eigenvalue weighted by atomic mass is 31.0. The molecule has 0 unspecified atom stereocenters. The minimum absolute atomic E-state index is 1.17. The van der Waals surface area contributed by atoms with Gasteiger partial charge in [0.25, 0.3) is 0 Å². The van der Waals surface area contributed by atoms with Crippen LogP contribution >= 0.6 is 8.86 Å². The molecule has 0 heterocycles. The van der Waals surface area contributed by atoms with Crippen molar-refractivity contribution in [2.45, 2.75) is 33.1 Å². The largest absolute Gasteiger partial charge is 0.123 e. The van der Waals surface area contributed by atoms with Crippen LogP contribution < -0.4 is 0 Å². The van der Waals surface area contributed by atoms with Crippen LogP contribution in [-0.2, 0) is 0 Å². The summed E-state index contributed by atoms with van der Waals surface area (Å²) in [5, 5.41) is 1.43. The molecule has 0 saturated heterocycles. The molecule has 0 N–H and O–H groups in total. The van der Waals surface area contributed by atoms with Gasteiger partial charge >= 0.3 is 0 Å². The highest BCUT2D eigenvalue weighted by Crippen LogP contribution is 1.96. The molecule has 0 bridgehead atoms. The smallest absolute Gasteiger partial charge is 0.0282 e. The molecule has 7 heavy (non-hydrogen) atoms. The Labute approximate surface area is 48.2 Å². The molecule has 0 spiro atoms.